The molecular weight excluding hydrogens is 853 g/mol. The molecule has 2 heterocycles. The van der Waals surface area contributed by atoms with Gasteiger partial charge in [-0.2, -0.15) is 0 Å². The van der Waals surface area contributed by atoms with Crippen LogP contribution in [-0.2, 0) is 38.3 Å². The van der Waals surface area contributed by atoms with Crippen LogP contribution in [0.2, 0.25) is 0 Å². The molecule has 0 spiro atoms. The lowest BCUT2D eigenvalue weighted by Gasteiger charge is -2.46. The van der Waals surface area contributed by atoms with Gasteiger partial charge >= 0.3 is 11.9 Å². The average Bonchev–Trinajstić information content (AvgIpc) is 3.31. The number of quaternary nitrogens is 2. The number of nitrogens with zero attached hydrogens (tertiary/aromatic N) is 2. The molecule has 0 aromatic heterocycles. The molecule has 4 aromatic rings. The largest absolute Gasteiger partial charge is 0.496 e. The number of likely N-dealkylation sites (N-methyl/N-ethyl adjacent to an activating group) is 2. The van der Waals surface area contributed by atoms with Gasteiger partial charge in [-0.1, -0.05) is 12.1 Å². The van der Waals surface area contributed by atoms with Crippen molar-refractivity contribution in [1.29, 1.82) is 0 Å². The van der Waals surface area contributed by atoms with Gasteiger partial charge in [-0.15, -0.1) is 0 Å². The van der Waals surface area contributed by atoms with E-state index in [0.29, 0.717) is 59.0 Å². The number of ether oxygens (including phenoxy) is 9. The monoisotopic (exact) mass is 925 g/mol. The van der Waals surface area contributed by atoms with Crippen molar-refractivity contribution in [2.24, 2.45) is 0 Å². The summed E-state index contributed by atoms with van der Waals surface area (Å²) in [5, 5.41) is 0. The van der Waals surface area contributed by atoms with Gasteiger partial charge in [0.05, 0.1) is 114 Å². The van der Waals surface area contributed by atoms with Gasteiger partial charge < -0.3 is 51.6 Å². The Balaban J connectivity index is 1.08. The second-order valence-corrected chi connectivity index (χ2v) is 18.4. The van der Waals surface area contributed by atoms with Gasteiger partial charge in [0.2, 0.25) is 5.75 Å². The number of methoxy groups -OCH3 is 7. The van der Waals surface area contributed by atoms with Crippen LogP contribution in [0.3, 0.4) is 0 Å². The van der Waals surface area contributed by atoms with Crippen molar-refractivity contribution >= 4 is 11.9 Å². The molecule has 0 saturated heterocycles. The van der Waals surface area contributed by atoms with Gasteiger partial charge in [-0.05, 0) is 97.0 Å². The number of hydrogen-bond donors (Lipinski definition) is 0. The summed E-state index contributed by atoms with van der Waals surface area (Å²) in [6.45, 7) is 12.0. The first kappa shape index (κ1) is 50.5. The molecular formula is C54H72N2O11+2. The van der Waals surface area contributed by atoms with E-state index >= 15 is 0 Å². The number of carbonyl (C=O) groups excluding carboxylic acids is 2. The molecule has 6 rings (SSSR count). The first-order chi connectivity index (χ1) is 32.1. The number of rotatable bonds is 20. The van der Waals surface area contributed by atoms with Crippen molar-refractivity contribution in [3.8, 4) is 40.2 Å². The molecule has 0 amide bonds. The van der Waals surface area contributed by atoms with Crippen molar-refractivity contribution in [2.45, 2.75) is 71.9 Å². The van der Waals surface area contributed by atoms with Crippen LogP contribution in [0.4, 0.5) is 0 Å². The molecule has 4 unspecified atom stereocenters. The fourth-order valence-corrected chi connectivity index (χ4v) is 10.6. The predicted octanol–water partition coefficient (Wildman–Crippen LogP) is 8.48. The maximum Gasteiger partial charge on any atom is 0.331 e. The van der Waals surface area contributed by atoms with Crippen molar-refractivity contribution in [3.05, 3.63) is 110 Å². The Bertz CT molecular complexity index is 2460. The molecule has 2 aliphatic heterocycles. The van der Waals surface area contributed by atoms with Crippen LogP contribution in [0.1, 0.15) is 80.6 Å². The Kier molecular flexibility index (Phi) is 16.4. The highest BCUT2D eigenvalue weighted by atomic mass is 16.5. The lowest BCUT2D eigenvalue weighted by atomic mass is 9.82. The van der Waals surface area contributed by atoms with Crippen LogP contribution in [0, 0.1) is 27.7 Å². The smallest absolute Gasteiger partial charge is 0.331 e. The summed E-state index contributed by atoms with van der Waals surface area (Å²) in [5.41, 5.74) is 11.4. The van der Waals surface area contributed by atoms with Crippen molar-refractivity contribution in [1.82, 2.24) is 0 Å². The molecule has 0 N–H and O–H groups in total. The lowest BCUT2D eigenvalue weighted by Crippen LogP contribution is -2.52. The van der Waals surface area contributed by atoms with E-state index in [1.165, 1.54) is 22.3 Å². The van der Waals surface area contributed by atoms with Gasteiger partial charge in [0, 0.05) is 49.8 Å². The average molecular weight is 925 g/mol. The third-order valence-corrected chi connectivity index (χ3v) is 14.2. The summed E-state index contributed by atoms with van der Waals surface area (Å²) >= 11 is 0. The van der Waals surface area contributed by atoms with Crippen LogP contribution < -0.4 is 33.2 Å². The third-order valence-electron chi connectivity index (χ3n) is 14.2. The quantitative estimate of drug-likeness (QED) is 0.0368. The van der Waals surface area contributed by atoms with E-state index in [0.717, 1.165) is 94.0 Å². The maximum absolute atomic E-state index is 12.9. The zero-order valence-electron chi connectivity index (χ0n) is 42.0. The van der Waals surface area contributed by atoms with E-state index in [9.17, 15) is 9.59 Å². The Hall–Kier alpha value is -5.92. The first-order valence-corrected chi connectivity index (χ1v) is 23.1. The minimum Gasteiger partial charge on any atom is -0.496 e. The van der Waals surface area contributed by atoms with E-state index in [1.807, 2.05) is 19.1 Å². The summed E-state index contributed by atoms with van der Waals surface area (Å²) in [5.74, 6) is 3.80. The van der Waals surface area contributed by atoms with Crippen molar-refractivity contribution < 1.29 is 61.2 Å². The van der Waals surface area contributed by atoms with Gasteiger partial charge in [0.15, 0.2) is 23.0 Å². The van der Waals surface area contributed by atoms with E-state index in [4.69, 9.17) is 42.6 Å². The normalized spacial score (nSPS) is 19.8. The highest BCUT2D eigenvalue weighted by Crippen LogP contribution is 2.51. The van der Waals surface area contributed by atoms with E-state index in [2.05, 4.69) is 65.2 Å². The number of hydrogen-bond acceptors (Lipinski definition) is 11. The second-order valence-electron chi connectivity index (χ2n) is 18.4. The predicted molar refractivity (Wildman–Crippen MR) is 258 cm³/mol. The van der Waals surface area contributed by atoms with Gasteiger partial charge in [0.1, 0.15) is 23.6 Å². The molecule has 2 aliphatic rings. The minimum absolute atomic E-state index is 0.00600. The number of aryl methyl sites for hydroxylation is 3. The molecule has 67 heavy (non-hydrogen) atoms. The minimum atomic E-state index is -0.596. The molecule has 362 valence electrons. The topological polar surface area (TPSA) is 117 Å². The zero-order chi connectivity index (χ0) is 48.6. The van der Waals surface area contributed by atoms with E-state index in [1.54, 1.807) is 49.8 Å². The van der Waals surface area contributed by atoms with Crippen LogP contribution in [-0.4, -0.2) is 124 Å². The number of fused-ring (bicyclic) bond motifs is 2. The van der Waals surface area contributed by atoms with E-state index in [-0.39, 0.29) is 25.3 Å². The maximum atomic E-state index is 12.9. The fraction of sp³-hybridized carbons (Fsp3) is 0.481. The van der Waals surface area contributed by atoms with Crippen LogP contribution in [0.25, 0.3) is 0 Å². The number of benzene rings is 4. The molecule has 0 fully saturated rings. The Morgan fingerprint density at radius 1 is 0.567 bits per heavy atom. The highest BCUT2D eigenvalue weighted by molar-refractivity contribution is 5.91. The van der Waals surface area contributed by atoms with Gasteiger partial charge in [-0.25, -0.2) is 9.59 Å². The molecule has 0 bridgehead atoms. The van der Waals surface area contributed by atoms with Gasteiger partial charge in [0.25, 0.3) is 0 Å². The van der Waals surface area contributed by atoms with Crippen LogP contribution in [0.15, 0.2) is 54.6 Å². The summed E-state index contributed by atoms with van der Waals surface area (Å²) in [7, 11) is 16.2. The first-order valence-electron chi connectivity index (χ1n) is 23.1. The molecule has 4 atom stereocenters. The van der Waals surface area contributed by atoms with Gasteiger partial charge in [-0.3, -0.25) is 0 Å². The van der Waals surface area contributed by atoms with Crippen molar-refractivity contribution in [2.75, 3.05) is 103 Å². The Morgan fingerprint density at radius 2 is 1.12 bits per heavy atom. The summed E-state index contributed by atoms with van der Waals surface area (Å²) in [6, 6.07) is 14.9. The Morgan fingerprint density at radius 3 is 1.69 bits per heavy atom. The third kappa shape index (κ3) is 10.6. The highest BCUT2D eigenvalue weighted by Gasteiger charge is 2.44. The summed E-state index contributed by atoms with van der Waals surface area (Å²) in [4.78, 5) is 25.8. The van der Waals surface area contributed by atoms with E-state index < -0.39 is 11.9 Å². The molecule has 4 aromatic carbocycles. The standard InChI is InChI=1S/C54H72N2O11/c1-34-29-39-21-25-56(6,50(49(39)52(63-11)37(34)4)41-16-17-43(59-7)35(2)30-41)23-15-27-67-47(58)19-18-46(57)66-26-14-22-55(5)24-20-40-33-45(61-9)53(64-12)54(65-13)48(40)42(55)31-38-28-36(3)51(62-10)44(32-38)60-8/h16-19,28-30,32-33,42,50H,14-15,20-27,31H2,1-13H3/q+2/b19-18+. The number of carbonyl (C=O) groups is 2. The van der Waals surface area contributed by atoms with Crippen molar-refractivity contribution in [3.63, 3.8) is 0 Å². The molecule has 0 radical (unpaired) electrons. The fourth-order valence-electron chi connectivity index (χ4n) is 10.6. The SMILES string of the molecule is COc1ccc(C2c3c(cc(C)c(C)c3OC)CC[N+]2(C)CCCOC(=O)/C=C/C(=O)OCCC[N+]2(C)CCc3cc(OC)c(OC)c(OC)c3C2Cc2cc(C)c(OC)c(OC)c2)cc1C. The lowest BCUT2D eigenvalue weighted by molar-refractivity contribution is -0.941. The molecule has 13 heteroatoms. The number of esters is 2. The van der Waals surface area contributed by atoms with Crippen LogP contribution in [0.5, 0.6) is 40.2 Å². The molecule has 0 saturated carbocycles. The molecule has 13 nitrogen and oxygen atoms in total. The Labute approximate surface area is 397 Å². The summed E-state index contributed by atoms with van der Waals surface area (Å²) < 4.78 is 53.4. The zero-order valence-corrected chi connectivity index (χ0v) is 42.0. The summed E-state index contributed by atoms with van der Waals surface area (Å²) in [6.07, 6.45) is 5.90. The van der Waals surface area contributed by atoms with Crippen LogP contribution >= 0.6 is 0 Å². The second kappa shape index (κ2) is 21.8. The molecule has 0 aliphatic carbocycles.